The van der Waals surface area contributed by atoms with Crippen molar-refractivity contribution in [3.63, 3.8) is 0 Å². The minimum absolute atomic E-state index is 0.230. The number of hydrogen-bond donors (Lipinski definition) is 0. The van der Waals surface area contributed by atoms with Crippen LogP contribution in [0.3, 0.4) is 0 Å². The average molecular weight is 250 g/mol. The topological polar surface area (TPSA) is 44.1 Å². The van der Waals surface area contributed by atoms with E-state index in [0.29, 0.717) is 11.3 Å². The molecule has 17 heavy (non-hydrogen) atoms. The molecular weight excluding hydrogens is 236 g/mol. The van der Waals surface area contributed by atoms with Gasteiger partial charge in [0, 0.05) is 12.2 Å². The van der Waals surface area contributed by atoms with Gasteiger partial charge in [0.2, 0.25) is 0 Å². The van der Waals surface area contributed by atoms with Gasteiger partial charge in [-0.15, -0.1) is 11.3 Å². The highest BCUT2D eigenvalue weighted by Crippen LogP contribution is 2.36. The van der Waals surface area contributed by atoms with Crippen LogP contribution in [-0.4, -0.2) is 23.2 Å². The maximum absolute atomic E-state index is 11.1. The van der Waals surface area contributed by atoms with Gasteiger partial charge in [-0.05, 0) is 25.3 Å². The maximum atomic E-state index is 11.1. The summed E-state index contributed by atoms with van der Waals surface area (Å²) in [5.41, 5.74) is 1.29. The van der Waals surface area contributed by atoms with Crippen molar-refractivity contribution in [3.05, 3.63) is 23.2 Å². The Labute approximate surface area is 104 Å². The molecule has 0 aromatic carbocycles. The van der Waals surface area contributed by atoms with E-state index in [2.05, 4.69) is 5.10 Å². The average Bonchev–Trinajstić information content (AvgIpc) is 2.94. The Morgan fingerprint density at radius 2 is 2.29 bits per heavy atom. The third kappa shape index (κ3) is 2.10. The number of ether oxygens (including phenoxy) is 1. The summed E-state index contributed by atoms with van der Waals surface area (Å²) in [5.74, 6) is 0.757. The summed E-state index contributed by atoms with van der Waals surface area (Å²) in [4.78, 5) is 12.0. The van der Waals surface area contributed by atoms with Gasteiger partial charge in [-0.3, -0.25) is 9.48 Å². The van der Waals surface area contributed by atoms with Gasteiger partial charge in [0.25, 0.3) is 0 Å². The Bertz CT molecular complexity index is 528. The van der Waals surface area contributed by atoms with Crippen LogP contribution in [0.25, 0.3) is 10.6 Å². The van der Waals surface area contributed by atoms with Gasteiger partial charge in [-0.2, -0.15) is 5.10 Å². The van der Waals surface area contributed by atoms with Gasteiger partial charge in [-0.1, -0.05) is 0 Å². The Kier molecular flexibility index (Phi) is 3.28. The Morgan fingerprint density at radius 3 is 2.88 bits per heavy atom. The highest BCUT2D eigenvalue weighted by atomic mass is 32.1. The summed E-state index contributed by atoms with van der Waals surface area (Å²) >= 11 is 1.52. The van der Waals surface area contributed by atoms with Crippen LogP contribution in [0.5, 0.6) is 5.75 Å². The van der Waals surface area contributed by atoms with E-state index in [1.807, 2.05) is 25.3 Å². The number of hydrogen-bond acceptors (Lipinski definition) is 4. The van der Waals surface area contributed by atoms with Gasteiger partial charge in [-0.25, -0.2) is 0 Å². The number of aldehydes is 1. The van der Waals surface area contributed by atoms with Crippen molar-refractivity contribution in [3.8, 4) is 16.3 Å². The monoisotopic (exact) mass is 250 g/mol. The Balaban J connectivity index is 2.54. The first kappa shape index (κ1) is 11.9. The molecule has 2 aromatic heterocycles. The molecule has 2 heterocycles. The van der Waals surface area contributed by atoms with Crippen LogP contribution in [0.1, 0.15) is 30.2 Å². The molecule has 0 aliphatic heterocycles. The lowest BCUT2D eigenvalue weighted by Crippen LogP contribution is -2.00. The van der Waals surface area contributed by atoms with Crippen molar-refractivity contribution in [2.75, 3.05) is 7.11 Å². The second-order valence-electron chi connectivity index (χ2n) is 3.94. The SMILES string of the molecule is COc1ccsc1-c1nn(C(C)C)cc1C=O. The standard InChI is InChI=1S/C12H14N2O2S/c1-8(2)14-6-9(7-15)11(13-14)12-10(16-3)4-5-17-12/h4-8H,1-3H3. The van der Waals surface area contributed by atoms with E-state index >= 15 is 0 Å². The van der Waals surface area contributed by atoms with Crippen LogP contribution < -0.4 is 4.74 Å². The van der Waals surface area contributed by atoms with E-state index in [1.165, 1.54) is 11.3 Å². The molecule has 0 saturated carbocycles. The second kappa shape index (κ2) is 4.71. The number of thiophene rings is 1. The predicted molar refractivity (Wildman–Crippen MR) is 67.9 cm³/mol. The van der Waals surface area contributed by atoms with Crippen LogP contribution in [0.15, 0.2) is 17.6 Å². The number of methoxy groups -OCH3 is 1. The molecule has 4 nitrogen and oxygen atoms in total. The van der Waals surface area contributed by atoms with E-state index in [0.717, 1.165) is 16.9 Å². The molecule has 5 heteroatoms. The second-order valence-corrected chi connectivity index (χ2v) is 4.86. The van der Waals surface area contributed by atoms with Gasteiger partial charge >= 0.3 is 0 Å². The fraction of sp³-hybridized carbons (Fsp3) is 0.333. The Hall–Kier alpha value is -1.62. The lowest BCUT2D eigenvalue weighted by Gasteiger charge is -2.03. The van der Waals surface area contributed by atoms with E-state index in [1.54, 1.807) is 18.0 Å². The highest BCUT2D eigenvalue weighted by molar-refractivity contribution is 7.14. The van der Waals surface area contributed by atoms with Crippen LogP contribution >= 0.6 is 11.3 Å². The molecule has 0 bridgehead atoms. The van der Waals surface area contributed by atoms with Crippen molar-refractivity contribution < 1.29 is 9.53 Å². The summed E-state index contributed by atoms with van der Waals surface area (Å²) in [6.07, 6.45) is 2.60. The lowest BCUT2D eigenvalue weighted by atomic mass is 10.2. The number of carbonyl (C=O) groups excluding carboxylic acids is 1. The molecule has 0 amide bonds. The molecule has 0 fully saturated rings. The van der Waals surface area contributed by atoms with Crippen LogP contribution in [0.2, 0.25) is 0 Å². The first-order valence-corrected chi connectivity index (χ1v) is 6.21. The maximum Gasteiger partial charge on any atom is 0.153 e. The van der Waals surface area contributed by atoms with Crippen molar-refractivity contribution in [1.29, 1.82) is 0 Å². The van der Waals surface area contributed by atoms with E-state index in [4.69, 9.17) is 4.74 Å². The quantitative estimate of drug-likeness (QED) is 0.783. The molecule has 2 aromatic rings. The minimum Gasteiger partial charge on any atom is -0.495 e. The zero-order chi connectivity index (χ0) is 12.4. The molecule has 0 atom stereocenters. The molecule has 90 valence electrons. The van der Waals surface area contributed by atoms with E-state index in [9.17, 15) is 4.79 Å². The molecule has 0 aliphatic carbocycles. The summed E-state index contributed by atoms with van der Waals surface area (Å²) in [6, 6.07) is 2.11. The van der Waals surface area contributed by atoms with E-state index in [-0.39, 0.29) is 6.04 Å². The number of aromatic nitrogens is 2. The third-order valence-electron chi connectivity index (χ3n) is 2.48. The fourth-order valence-electron chi connectivity index (χ4n) is 1.56. The van der Waals surface area contributed by atoms with Crippen molar-refractivity contribution in [2.24, 2.45) is 0 Å². The normalized spacial score (nSPS) is 10.8. The molecule has 0 spiro atoms. The summed E-state index contributed by atoms with van der Waals surface area (Å²) in [5, 5.41) is 6.38. The molecule has 0 saturated heterocycles. The third-order valence-corrected chi connectivity index (χ3v) is 3.38. The number of nitrogens with zero attached hydrogens (tertiary/aromatic N) is 2. The van der Waals surface area contributed by atoms with Crippen molar-refractivity contribution in [1.82, 2.24) is 9.78 Å². The molecule has 0 N–H and O–H groups in total. The van der Waals surface area contributed by atoms with Gasteiger partial charge in [0.05, 0.1) is 17.6 Å². The summed E-state index contributed by atoms with van der Waals surface area (Å²) in [7, 11) is 1.62. The smallest absolute Gasteiger partial charge is 0.153 e. The first-order chi connectivity index (χ1) is 8.17. The molecule has 0 aliphatic rings. The molecular formula is C12H14N2O2S. The zero-order valence-corrected chi connectivity index (χ0v) is 10.8. The van der Waals surface area contributed by atoms with Gasteiger partial charge in [0.1, 0.15) is 11.4 Å². The predicted octanol–water partition coefficient (Wildman–Crippen LogP) is 3.01. The summed E-state index contributed by atoms with van der Waals surface area (Å²) < 4.78 is 7.04. The lowest BCUT2D eigenvalue weighted by molar-refractivity contribution is 0.112. The van der Waals surface area contributed by atoms with E-state index < -0.39 is 0 Å². The van der Waals surface area contributed by atoms with Gasteiger partial charge < -0.3 is 4.74 Å². The molecule has 2 rings (SSSR count). The highest BCUT2D eigenvalue weighted by Gasteiger charge is 2.17. The molecule has 0 unspecified atom stereocenters. The van der Waals surface area contributed by atoms with Crippen LogP contribution in [0, 0.1) is 0 Å². The van der Waals surface area contributed by atoms with Crippen molar-refractivity contribution >= 4 is 17.6 Å². The molecule has 0 radical (unpaired) electrons. The summed E-state index contributed by atoms with van der Waals surface area (Å²) in [6.45, 7) is 4.05. The minimum atomic E-state index is 0.230. The van der Waals surface area contributed by atoms with Crippen LogP contribution in [0.4, 0.5) is 0 Å². The Morgan fingerprint density at radius 1 is 1.53 bits per heavy atom. The number of carbonyl (C=O) groups is 1. The van der Waals surface area contributed by atoms with Gasteiger partial charge in [0.15, 0.2) is 6.29 Å². The van der Waals surface area contributed by atoms with Crippen molar-refractivity contribution in [2.45, 2.75) is 19.9 Å². The largest absolute Gasteiger partial charge is 0.495 e. The van der Waals surface area contributed by atoms with Crippen LogP contribution in [-0.2, 0) is 0 Å². The number of rotatable bonds is 4. The first-order valence-electron chi connectivity index (χ1n) is 5.33. The zero-order valence-electron chi connectivity index (χ0n) is 10.0. The fourth-order valence-corrected chi connectivity index (χ4v) is 2.43.